The van der Waals surface area contributed by atoms with E-state index in [1.807, 2.05) is 0 Å². The van der Waals surface area contributed by atoms with Crippen molar-refractivity contribution in [3.8, 4) is 0 Å². The lowest BCUT2D eigenvalue weighted by molar-refractivity contribution is -0.184. The van der Waals surface area contributed by atoms with Crippen LogP contribution in [0.15, 0.2) is 0 Å². The van der Waals surface area contributed by atoms with Gasteiger partial charge >= 0.3 is 6.18 Å². The first-order valence-electron chi connectivity index (χ1n) is 7.34. The number of carbonyl (C=O) groups excluding carboxylic acids is 1. The van der Waals surface area contributed by atoms with Crippen molar-refractivity contribution in [2.75, 3.05) is 0 Å². The number of amides is 1. The molecule has 19 heavy (non-hydrogen) atoms. The molecule has 0 bridgehead atoms. The molecule has 2 aliphatic rings. The molecule has 0 radical (unpaired) electrons. The van der Waals surface area contributed by atoms with Crippen molar-refractivity contribution in [1.29, 1.82) is 0 Å². The maximum atomic E-state index is 12.7. The molecule has 0 unspecified atom stereocenters. The van der Waals surface area contributed by atoms with E-state index in [1.54, 1.807) is 0 Å². The summed E-state index contributed by atoms with van der Waals surface area (Å²) in [4.78, 5) is 12.0. The van der Waals surface area contributed by atoms with Crippen LogP contribution in [0.5, 0.6) is 0 Å². The Morgan fingerprint density at radius 2 is 1.63 bits per heavy atom. The van der Waals surface area contributed by atoms with Crippen LogP contribution in [0.4, 0.5) is 13.2 Å². The number of hydrogen-bond donors (Lipinski definition) is 1. The van der Waals surface area contributed by atoms with Crippen LogP contribution in [-0.2, 0) is 4.79 Å². The SMILES string of the molecule is O=C(N[C@@H]1CCC[C@H](C(F)(F)F)C1)C1CCCCC1. The van der Waals surface area contributed by atoms with Gasteiger partial charge in [-0.05, 0) is 32.1 Å². The zero-order valence-electron chi connectivity index (χ0n) is 11.1. The second kappa shape index (κ2) is 6.14. The quantitative estimate of drug-likeness (QED) is 0.817. The van der Waals surface area contributed by atoms with E-state index in [1.165, 1.54) is 6.42 Å². The van der Waals surface area contributed by atoms with Crippen LogP contribution in [0.1, 0.15) is 57.8 Å². The van der Waals surface area contributed by atoms with Crippen LogP contribution in [-0.4, -0.2) is 18.1 Å². The van der Waals surface area contributed by atoms with Gasteiger partial charge in [0, 0.05) is 12.0 Å². The summed E-state index contributed by atoms with van der Waals surface area (Å²) in [6, 6.07) is -0.283. The minimum atomic E-state index is -4.12. The van der Waals surface area contributed by atoms with Crippen molar-refractivity contribution in [1.82, 2.24) is 5.32 Å². The highest BCUT2D eigenvalue weighted by atomic mass is 19.4. The van der Waals surface area contributed by atoms with E-state index in [2.05, 4.69) is 5.32 Å². The number of halogens is 3. The summed E-state index contributed by atoms with van der Waals surface area (Å²) < 4.78 is 38.1. The van der Waals surface area contributed by atoms with Crippen molar-refractivity contribution in [2.24, 2.45) is 11.8 Å². The van der Waals surface area contributed by atoms with Crippen molar-refractivity contribution < 1.29 is 18.0 Å². The topological polar surface area (TPSA) is 29.1 Å². The smallest absolute Gasteiger partial charge is 0.353 e. The van der Waals surface area contributed by atoms with Gasteiger partial charge in [-0.15, -0.1) is 0 Å². The van der Waals surface area contributed by atoms with Gasteiger partial charge in [-0.25, -0.2) is 0 Å². The van der Waals surface area contributed by atoms with E-state index >= 15 is 0 Å². The Hall–Kier alpha value is -0.740. The Bertz CT molecular complexity index is 310. The summed E-state index contributed by atoms with van der Waals surface area (Å²) in [5.41, 5.74) is 0. The fraction of sp³-hybridized carbons (Fsp3) is 0.929. The van der Waals surface area contributed by atoms with E-state index in [4.69, 9.17) is 0 Å². The van der Waals surface area contributed by atoms with Gasteiger partial charge in [0.05, 0.1) is 5.92 Å². The van der Waals surface area contributed by atoms with E-state index < -0.39 is 12.1 Å². The molecule has 0 aliphatic heterocycles. The van der Waals surface area contributed by atoms with Gasteiger partial charge < -0.3 is 5.32 Å². The largest absolute Gasteiger partial charge is 0.391 e. The fourth-order valence-corrected chi connectivity index (χ4v) is 3.30. The Kier molecular flexibility index (Phi) is 4.74. The molecule has 1 N–H and O–H groups in total. The van der Waals surface area contributed by atoms with Gasteiger partial charge in [0.15, 0.2) is 0 Å². The maximum Gasteiger partial charge on any atom is 0.391 e. The molecule has 0 aromatic rings. The Morgan fingerprint density at radius 3 is 2.26 bits per heavy atom. The Morgan fingerprint density at radius 1 is 0.947 bits per heavy atom. The van der Waals surface area contributed by atoms with Gasteiger partial charge in [0.1, 0.15) is 0 Å². The number of carbonyl (C=O) groups is 1. The standard InChI is InChI=1S/C14H22F3NO/c15-14(16,17)11-7-4-8-12(9-11)18-13(19)10-5-2-1-3-6-10/h10-12H,1-9H2,(H,18,19)/t11-,12+/m0/s1. The van der Waals surface area contributed by atoms with Crippen LogP contribution in [0.2, 0.25) is 0 Å². The average molecular weight is 277 g/mol. The maximum absolute atomic E-state index is 12.7. The molecular weight excluding hydrogens is 255 g/mol. The zero-order valence-corrected chi connectivity index (χ0v) is 11.1. The average Bonchev–Trinajstić information content (AvgIpc) is 2.39. The first-order valence-corrected chi connectivity index (χ1v) is 7.34. The molecule has 2 fully saturated rings. The highest BCUT2D eigenvalue weighted by Gasteiger charge is 2.42. The van der Waals surface area contributed by atoms with Crippen LogP contribution in [0, 0.1) is 11.8 Å². The van der Waals surface area contributed by atoms with Crippen molar-refractivity contribution >= 4 is 5.91 Å². The Balaban J connectivity index is 1.83. The molecule has 0 heterocycles. The van der Waals surface area contributed by atoms with Crippen LogP contribution >= 0.6 is 0 Å². The molecule has 0 spiro atoms. The molecule has 2 saturated carbocycles. The Labute approximate surface area is 112 Å². The number of hydrogen-bond acceptors (Lipinski definition) is 1. The van der Waals surface area contributed by atoms with Gasteiger partial charge in [0.2, 0.25) is 5.91 Å². The van der Waals surface area contributed by atoms with Gasteiger partial charge in [-0.3, -0.25) is 4.79 Å². The van der Waals surface area contributed by atoms with Gasteiger partial charge in [-0.1, -0.05) is 25.7 Å². The minimum absolute atomic E-state index is 0.0208. The van der Waals surface area contributed by atoms with E-state index in [9.17, 15) is 18.0 Å². The third-order valence-corrected chi connectivity index (χ3v) is 4.46. The third-order valence-electron chi connectivity index (χ3n) is 4.46. The van der Waals surface area contributed by atoms with E-state index in [0.29, 0.717) is 12.8 Å². The molecule has 1 amide bonds. The van der Waals surface area contributed by atoms with Gasteiger partial charge in [0.25, 0.3) is 0 Å². The molecule has 2 atom stereocenters. The zero-order chi connectivity index (χ0) is 13.9. The second-order valence-corrected chi connectivity index (χ2v) is 5.95. The van der Waals surface area contributed by atoms with Crippen molar-refractivity contribution in [3.63, 3.8) is 0 Å². The number of nitrogens with one attached hydrogen (secondary N) is 1. The van der Waals surface area contributed by atoms with Gasteiger partial charge in [-0.2, -0.15) is 13.2 Å². The highest BCUT2D eigenvalue weighted by Crippen LogP contribution is 2.37. The van der Waals surface area contributed by atoms with Crippen molar-refractivity contribution in [3.05, 3.63) is 0 Å². The molecule has 2 aliphatic carbocycles. The van der Waals surface area contributed by atoms with Crippen LogP contribution < -0.4 is 5.32 Å². The molecule has 0 aromatic carbocycles. The highest BCUT2D eigenvalue weighted by molar-refractivity contribution is 5.79. The van der Waals surface area contributed by atoms with E-state index in [-0.39, 0.29) is 30.7 Å². The molecule has 0 saturated heterocycles. The molecular formula is C14H22F3NO. The number of alkyl halides is 3. The monoisotopic (exact) mass is 277 g/mol. The fourth-order valence-electron chi connectivity index (χ4n) is 3.30. The third kappa shape index (κ3) is 4.11. The predicted molar refractivity (Wildman–Crippen MR) is 66.5 cm³/mol. The predicted octanol–water partition coefficient (Wildman–Crippen LogP) is 3.80. The van der Waals surface area contributed by atoms with Crippen molar-refractivity contribution in [2.45, 2.75) is 70.0 Å². The molecule has 5 heteroatoms. The van der Waals surface area contributed by atoms with E-state index in [0.717, 1.165) is 25.7 Å². The van der Waals surface area contributed by atoms with Crippen LogP contribution in [0.3, 0.4) is 0 Å². The summed E-state index contributed by atoms with van der Waals surface area (Å²) in [7, 11) is 0. The number of rotatable bonds is 2. The molecule has 2 rings (SSSR count). The molecule has 110 valence electrons. The first kappa shape index (κ1) is 14.7. The summed E-state index contributed by atoms with van der Waals surface area (Å²) in [6.45, 7) is 0. The van der Waals surface area contributed by atoms with Crippen LogP contribution in [0.25, 0.3) is 0 Å². The normalized spacial score (nSPS) is 30.1. The minimum Gasteiger partial charge on any atom is -0.353 e. The lowest BCUT2D eigenvalue weighted by atomic mass is 9.84. The second-order valence-electron chi connectivity index (χ2n) is 5.95. The first-order chi connectivity index (χ1) is 8.97. The molecule has 0 aromatic heterocycles. The lowest BCUT2D eigenvalue weighted by Crippen LogP contribution is -2.44. The molecule has 2 nitrogen and oxygen atoms in total. The lowest BCUT2D eigenvalue weighted by Gasteiger charge is -2.32. The summed E-state index contributed by atoms with van der Waals surface area (Å²) in [5, 5.41) is 2.85. The summed E-state index contributed by atoms with van der Waals surface area (Å²) in [6.07, 6.45) is 2.47. The summed E-state index contributed by atoms with van der Waals surface area (Å²) in [5.74, 6) is -1.23. The summed E-state index contributed by atoms with van der Waals surface area (Å²) >= 11 is 0.